The first-order chi connectivity index (χ1) is 20.6. The van der Waals surface area contributed by atoms with Gasteiger partial charge in [-0.05, 0) is 56.6 Å². The molecule has 0 aliphatic carbocycles. The van der Waals surface area contributed by atoms with Crippen LogP contribution >= 0.6 is 0 Å². The molecule has 4 atom stereocenters. The van der Waals surface area contributed by atoms with Crippen LogP contribution in [0.2, 0.25) is 0 Å². The molecule has 0 radical (unpaired) electrons. The van der Waals surface area contributed by atoms with E-state index < -0.39 is 31.1 Å². The molecule has 2 aromatic heterocycles. The molecule has 9 nitrogen and oxygen atoms in total. The third-order valence-corrected chi connectivity index (χ3v) is 8.38. The Bertz CT molecular complexity index is 2090. The summed E-state index contributed by atoms with van der Waals surface area (Å²) in [5.74, 6) is 1.23. The smallest absolute Gasteiger partial charge is 0.166 e. The number of aliphatic hydroxyl groups excluding tert-OH is 3. The Morgan fingerprint density at radius 3 is 2.26 bits per heavy atom. The van der Waals surface area contributed by atoms with Crippen LogP contribution in [0.25, 0.3) is 66.1 Å². The van der Waals surface area contributed by atoms with E-state index in [1.165, 1.54) is 11.7 Å². The lowest BCUT2D eigenvalue weighted by molar-refractivity contribution is -0.0503. The molecule has 8 rings (SSSR count). The van der Waals surface area contributed by atoms with Gasteiger partial charge in [0, 0.05) is 11.1 Å². The second kappa shape index (κ2) is 9.43. The molecule has 3 N–H and O–H groups in total. The van der Waals surface area contributed by atoms with Crippen LogP contribution in [-0.2, 0) is 4.74 Å². The van der Waals surface area contributed by atoms with E-state index in [0.717, 1.165) is 43.8 Å². The van der Waals surface area contributed by atoms with Crippen molar-refractivity contribution >= 4 is 43.5 Å². The largest absolute Gasteiger partial charge is 0.497 e. The Morgan fingerprint density at radius 1 is 0.833 bits per heavy atom. The van der Waals surface area contributed by atoms with Gasteiger partial charge in [0.2, 0.25) is 0 Å². The van der Waals surface area contributed by atoms with Crippen LogP contribution < -0.4 is 4.74 Å². The van der Waals surface area contributed by atoms with E-state index in [2.05, 4.69) is 58.5 Å². The van der Waals surface area contributed by atoms with E-state index >= 15 is 0 Å². The number of nitrogens with zero attached hydrogens (tertiary/aromatic N) is 4. The zero-order valence-electron chi connectivity index (χ0n) is 22.5. The highest BCUT2D eigenvalue weighted by Gasteiger charge is 2.45. The minimum absolute atomic E-state index is 0.436. The third-order valence-electron chi connectivity index (χ3n) is 8.38. The fraction of sp³-hybridized carbons (Fsp3) is 0.182. The molecule has 208 valence electrons. The molecule has 3 heterocycles. The monoisotopic (exact) mass is 558 g/mol. The summed E-state index contributed by atoms with van der Waals surface area (Å²) in [6, 6.07) is 26.3. The first-order valence-corrected chi connectivity index (χ1v) is 13.7. The predicted octanol–water partition coefficient (Wildman–Crippen LogP) is 4.68. The molecule has 1 fully saturated rings. The molecule has 1 aliphatic heterocycles. The number of hydrogen-bond donors (Lipinski definition) is 3. The third kappa shape index (κ3) is 3.55. The lowest BCUT2D eigenvalue weighted by atomic mass is 9.92. The normalized spacial score (nSPS) is 20.9. The van der Waals surface area contributed by atoms with Crippen LogP contribution in [0.5, 0.6) is 5.75 Å². The van der Waals surface area contributed by atoms with Crippen molar-refractivity contribution < 1.29 is 24.8 Å². The van der Waals surface area contributed by atoms with Gasteiger partial charge in [0.15, 0.2) is 11.9 Å². The first kappa shape index (κ1) is 25.1. The number of fused-ring (bicyclic) bond motifs is 1. The highest BCUT2D eigenvalue weighted by atomic mass is 16.6. The van der Waals surface area contributed by atoms with Gasteiger partial charge in [0.1, 0.15) is 47.4 Å². The SMILES string of the molecule is COc1ccc(-c2ncnc3c2nc(-c2ccc4ccc5cccc6ccc2c4c56)n3[C@@H]2O[C@H](CO)[C@@H](O)[C@H]2O)cc1. The van der Waals surface area contributed by atoms with Crippen molar-refractivity contribution in [1.29, 1.82) is 0 Å². The Balaban J connectivity index is 1.44. The summed E-state index contributed by atoms with van der Waals surface area (Å²) in [5.41, 5.74) is 3.19. The Labute approximate surface area is 239 Å². The molecule has 42 heavy (non-hydrogen) atoms. The molecule has 0 saturated carbocycles. The van der Waals surface area contributed by atoms with Gasteiger partial charge in [0.25, 0.3) is 0 Å². The number of ether oxygens (including phenoxy) is 2. The van der Waals surface area contributed by atoms with E-state index in [1.807, 2.05) is 30.3 Å². The topological polar surface area (TPSA) is 123 Å². The molecular formula is C33H26N4O5. The fourth-order valence-electron chi connectivity index (χ4n) is 6.32. The lowest BCUT2D eigenvalue weighted by Crippen LogP contribution is -2.33. The van der Waals surface area contributed by atoms with Crippen LogP contribution in [0.3, 0.4) is 0 Å². The zero-order valence-corrected chi connectivity index (χ0v) is 22.5. The Morgan fingerprint density at radius 2 is 1.55 bits per heavy atom. The number of hydrogen-bond acceptors (Lipinski definition) is 8. The number of aromatic nitrogens is 4. The number of methoxy groups -OCH3 is 1. The molecule has 1 aliphatic rings. The average Bonchev–Trinajstić information content (AvgIpc) is 3.56. The van der Waals surface area contributed by atoms with Crippen molar-refractivity contribution in [2.75, 3.05) is 13.7 Å². The lowest BCUT2D eigenvalue weighted by Gasteiger charge is -2.20. The van der Waals surface area contributed by atoms with E-state index in [0.29, 0.717) is 22.7 Å². The van der Waals surface area contributed by atoms with E-state index in [-0.39, 0.29) is 0 Å². The molecular weight excluding hydrogens is 532 g/mol. The Hall–Kier alpha value is -4.67. The molecule has 0 amide bonds. The van der Waals surface area contributed by atoms with Crippen molar-refractivity contribution in [3.05, 3.63) is 85.2 Å². The summed E-state index contributed by atoms with van der Waals surface area (Å²) in [4.78, 5) is 14.3. The van der Waals surface area contributed by atoms with Crippen LogP contribution in [0.15, 0.2) is 85.2 Å². The summed E-state index contributed by atoms with van der Waals surface area (Å²) in [7, 11) is 1.61. The maximum absolute atomic E-state index is 11.1. The maximum Gasteiger partial charge on any atom is 0.166 e. The summed E-state index contributed by atoms with van der Waals surface area (Å²) in [6.07, 6.45) is -3.16. The number of benzene rings is 5. The van der Waals surface area contributed by atoms with Gasteiger partial charge in [-0.3, -0.25) is 4.57 Å². The van der Waals surface area contributed by atoms with Crippen LogP contribution in [0.4, 0.5) is 0 Å². The molecule has 0 unspecified atom stereocenters. The second-order valence-corrected chi connectivity index (χ2v) is 10.6. The van der Waals surface area contributed by atoms with Crippen molar-refractivity contribution in [2.45, 2.75) is 24.5 Å². The van der Waals surface area contributed by atoms with Crippen molar-refractivity contribution in [3.63, 3.8) is 0 Å². The van der Waals surface area contributed by atoms with Crippen molar-refractivity contribution in [2.24, 2.45) is 0 Å². The molecule has 5 aromatic carbocycles. The molecule has 7 aromatic rings. The quantitative estimate of drug-likeness (QED) is 0.261. The van der Waals surface area contributed by atoms with Crippen LogP contribution in [0.1, 0.15) is 6.23 Å². The van der Waals surface area contributed by atoms with Gasteiger partial charge >= 0.3 is 0 Å². The molecule has 0 bridgehead atoms. The predicted molar refractivity (Wildman–Crippen MR) is 159 cm³/mol. The summed E-state index contributed by atoms with van der Waals surface area (Å²) >= 11 is 0. The maximum atomic E-state index is 11.1. The molecule has 0 spiro atoms. The van der Waals surface area contributed by atoms with Crippen molar-refractivity contribution in [1.82, 2.24) is 19.5 Å². The van der Waals surface area contributed by atoms with Gasteiger partial charge < -0.3 is 24.8 Å². The van der Waals surface area contributed by atoms with Crippen molar-refractivity contribution in [3.8, 4) is 28.4 Å². The second-order valence-electron chi connectivity index (χ2n) is 10.6. The number of rotatable bonds is 5. The van der Waals surface area contributed by atoms with Gasteiger partial charge in [0.05, 0.1) is 13.7 Å². The Kier molecular flexibility index (Phi) is 5.63. The van der Waals surface area contributed by atoms with E-state index in [4.69, 9.17) is 14.5 Å². The highest BCUT2D eigenvalue weighted by Crippen LogP contribution is 2.43. The summed E-state index contributed by atoms with van der Waals surface area (Å²) in [6.45, 7) is -0.443. The number of imidazole rings is 1. The average molecular weight is 559 g/mol. The molecule has 9 heteroatoms. The van der Waals surface area contributed by atoms with E-state index in [1.54, 1.807) is 11.7 Å². The van der Waals surface area contributed by atoms with E-state index in [9.17, 15) is 15.3 Å². The minimum Gasteiger partial charge on any atom is -0.497 e. The zero-order chi connectivity index (χ0) is 28.5. The van der Waals surface area contributed by atoms with Crippen LogP contribution in [0, 0.1) is 0 Å². The van der Waals surface area contributed by atoms with Gasteiger partial charge in [-0.1, -0.05) is 54.6 Å². The van der Waals surface area contributed by atoms with Gasteiger partial charge in [-0.25, -0.2) is 15.0 Å². The standard InChI is InChI=1S/C33H26N4O5/c1-41-21-11-7-20(8-12-21)27-28-32(35-16-34-27)37(33-30(40)29(39)24(15-38)42-33)31(36-28)23-14-10-19-6-5-17-3-2-4-18-9-13-22(23)26(19)25(17)18/h2-14,16,24,29-30,33,38-40H,15H2,1H3/t24-,29-,30-,33-/m1/s1. The summed E-state index contributed by atoms with van der Waals surface area (Å²) < 4.78 is 13.1. The molecule has 1 saturated heterocycles. The minimum atomic E-state index is -1.32. The fourth-order valence-corrected chi connectivity index (χ4v) is 6.32. The van der Waals surface area contributed by atoms with Crippen LogP contribution in [-0.4, -0.2) is 66.9 Å². The summed E-state index contributed by atoms with van der Waals surface area (Å²) in [5, 5.41) is 38.3. The van der Waals surface area contributed by atoms with Gasteiger partial charge in [-0.2, -0.15) is 0 Å². The highest BCUT2D eigenvalue weighted by molar-refractivity contribution is 6.25. The number of aliphatic hydroxyl groups is 3. The van der Waals surface area contributed by atoms with Gasteiger partial charge in [-0.15, -0.1) is 0 Å². The first-order valence-electron chi connectivity index (χ1n) is 13.7.